The first-order valence-corrected chi connectivity index (χ1v) is 7.30. The highest BCUT2D eigenvalue weighted by Gasteiger charge is 2.06. The summed E-state index contributed by atoms with van der Waals surface area (Å²) in [7, 11) is 0. The minimum absolute atomic E-state index is 0.0728. The summed E-state index contributed by atoms with van der Waals surface area (Å²) in [5.74, 6) is 0.487. The number of hydrogen-bond acceptors (Lipinski definition) is 5. The van der Waals surface area contributed by atoms with Crippen LogP contribution in [0.3, 0.4) is 0 Å². The molecule has 0 radical (unpaired) electrons. The van der Waals surface area contributed by atoms with Crippen molar-refractivity contribution in [3.05, 3.63) is 68.8 Å². The molecule has 0 aliphatic rings. The fraction of sp³-hybridized carbons (Fsp3) is 0.0667. The minimum Gasteiger partial charge on any atom is -0.350 e. The van der Waals surface area contributed by atoms with Crippen molar-refractivity contribution >= 4 is 38.5 Å². The number of benzene rings is 2. The van der Waals surface area contributed by atoms with E-state index in [4.69, 9.17) is 0 Å². The zero-order chi connectivity index (χ0) is 15.5. The number of aromatic nitrogens is 2. The Bertz CT molecular complexity index is 854. The second kappa shape index (κ2) is 6.07. The van der Waals surface area contributed by atoms with Gasteiger partial charge in [-0.2, -0.15) is 0 Å². The number of hydrogen-bond donors (Lipinski definition) is 1. The molecule has 0 amide bonds. The summed E-state index contributed by atoms with van der Waals surface area (Å²) in [6.07, 6.45) is 1.74. The molecule has 6 nitrogen and oxygen atoms in total. The van der Waals surface area contributed by atoms with Gasteiger partial charge in [0.25, 0.3) is 5.69 Å². The van der Waals surface area contributed by atoms with E-state index in [2.05, 4.69) is 31.2 Å². The summed E-state index contributed by atoms with van der Waals surface area (Å²) in [4.78, 5) is 19.0. The lowest BCUT2D eigenvalue weighted by atomic mass is 10.2. The van der Waals surface area contributed by atoms with Crippen LogP contribution in [0.1, 0.15) is 5.56 Å². The van der Waals surface area contributed by atoms with Crippen molar-refractivity contribution in [3.8, 4) is 0 Å². The Kier molecular flexibility index (Phi) is 3.97. The lowest BCUT2D eigenvalue weighted by Crippen LogP contribution is -2.03. The van der Waals surface area contributed by atoms with E-state index in [1.165, 1.54) is 12.1 Å². The highest BCUT2D eigenvalue weighted by atomic mass is 79.9. The quantitative estimate of drug-likeness (QED) is 0.564. The molecule has 1 aromatic heterocycles. The SMILES string of the molecule is O=[N+]([O-])c1cccc(CNc2ncc3cc(Br)ccc3n2)c1. The van der Waals surface area contributed by atoms with E-state index in [0.717, 1.165) is 20.9 Å². The van der Waals surface area contributed by atoms with Gasteiger partial charge in [-0.15, -0.1) is 0 Å². The number of rotatable bonds is 4. The van der Waals surface area contributed by atoms with Crippen LogP contribution >= 0.6 is 15.9 Å². The van der Waals surface area contributed by atoms with Crippen LogP contribution in [0.25, 0.3) is 10.9 Å². The number of nitro benzene ring substituents is 1. The summed E-state index contributed by atoms with van der Waals surface area (Å²) in [5, 5.41) is 14.8. The van der Waals surface area contributed by atoms with Crippen LogP contribution < -0.4 is 5.32 Å². The van der Waals surface area contributed by atoms with Gasteiger partial charge in [-0.1, -0.05) is 28.1 Å². The number of nitro groups is 1. The summed E-state index contributed by atoms with van der Waals surface area (Å²) < 4.78 is 0.973. The van der Waals surface area contributed by atoms with Crippen LogP contribution in [0.4, 0.5) is 11.6 Å². The molecular weight excluding hydrogens is 348 g/mol. The molecule has 0 unspecified atom stereocenters. The summed E-state index contributed by atoms with van der Waals surface area (Å²) in [5.41, 5.74) is 1.71. The maximum Gasteiger partial charge on any atom is 0.269 e. The van der Waals surface area contributed by atoms with Crippen molar-refractivity contribution < 1.29 is 4.92 Å². The van der Waals surface area contributed by atoms with Crippen molar-refractivity contribution in [1.82, 2.24) is 9.97 Å². The molecule has 1 N–H and O–H groups in total. The smallest absolute Gasteiger partial charge is 0.269 e. The maximum absolute atomic E-state index is 10.8. The first-order chi connectivity index (χ1) is 10.6. The fourth-order valence-electron chi connectivity index (χ4n) is 2.05. The van der Waals surface area contributed by atoms with Gasteiger partial charge < -0.3 is 5.32 Å². The Morgan fingerprint density at radius 1 is 1.23 bits per heavy atom. The molecule has 3 rings (SSSR count). The molecule has 0 spiro atoms. The second-order valence-corrected chi connectivity index (χ2v) is 5.59. The Labute approximate surface area is 134 Å². The largest absolute Gasteiger partial charge is 0.350 e. The van der Waals surface area contributed by atoms with Crippen LogP contribution in [0.15, 0.2) is 53.1 Å². The third kappa shape index (κ3) is 3.20. The van der Waals surface area contributed by atoms with E-state index in [0.29, 0.717) is 12.5 Å². The molecule has 1 heterocycles. The van der Waals surface area contributed by atoms with Crippen molar-refractivity contribution in [2.75, 3.05) is 5.32 Å². The molecule has 110 valence electrons. The van der Waals surface area contributed by atoms with Gasteiger partial charge in [-0.05, 0) is 23.8 Å². The van der Waals surface area contributed by atoms with Crippen LogP contribution in [0.2, 0.25) is 0 Å². The summed E-state index contributed by atoms with van der Waals surface area (Å²) in [6, 6.07) is 12.2. The van der Waals surface area contributed by atoms with E-state index in [1.807, 2.05) is 24.3 Å². The van der Waals surface area contributed by atoms with Crippen LogP contribution in [-0.4, -0.2) is 14.9 Å². The van der Waals surface area contributed by atoms with Crippen LogP contribution in [0, 0.1) is 10.1 Å². The molecule has 0 aliphatic heterocycles. The molecule has 0 fully saturated rings. The van der Waals surface area contributed by atoms with Crippen molar-refractivity contribution in [1.29, 1.82) is 0 Å². The van der Waals surface area contributed by atoms with Crippen molar-refractivity contribution in [3.63, 3.8) is 0 Å². The number of non-ortho nitro benzene ring substituents is 1. The second-order valence-electron chi connectivity index (χ2n) is 4.68. The average molecular weight is 359 g/mol. The zero-order valence-electron chi connectivity index (χ0n) is 11.4. The highest BCUT2D eigenvalue weighted by molar-refractivity contribution is 9.10. The van der Waals surface area contributed by atoms with Gasteiger partial charge in [0, 0.05) is 34.7 Å². The van der Waals surface area contributed by atoms with Crippen LogP contribution in [0.5, 0.6) is 0 Å². The molecule has 22 heavy (non-hydrogen) atoms. The fourth-order valence-corrected chi connectivity index (χ4v) is 2.43. The molecule has 0 aliphatic carbocycles. The monoisotopic (exact) mass is 358 g/mol. The lowest BCUT2D eigenvalue weighted by Gasteiger charge is -2.06. The molecule has 0 saturated heterocycles. The number of anilines is 1. The van der Waals surface area contributed by atoms with E-state index < -0.39 is 4.92 Å². The molecule has 0 bridgehead atoms. The lowest BCUT2D eigenvalue weighted by molar-refractivity contribution is -0.384. The number of fused-ring (bicyclic) bond motifs is 1. The predicted octanol–water partition coefficient (Wildman–Crippen LogP) is 3.91. The maximum atomic E-state index is 10.8. The van der Waals surface area contributed by atoms with E-state index in [9.17, 15) is 10.1 Å². The predicted molar refractivity (Wildman–Crippen MR) is 87.7 cm³/mol. The topological polar surface area (TPSA) is 81.0 Å². The Hall–Kier alpha value is -2.54. The average Bonchev–Trinajstić information content (AvgIpc) is 2.53. The van der Waals surface area contributed by atoms with Gasteiger partial charge >= 0.3 is 0 Å². The summed E-state index contributed by atoms with van der Waals surface area (Å²) in [6.45, 7) is 0.420. The standard InChI is InChI=1S/C15H11BrN4O2/c16-12-4-5-14-11(7-12)9-18-15(19-14)17-8-10-2-1-3-13(6-10)20(21)22/h1-7,9H,8H2,(H,17,18,19). The minimum atomic E-state index is -0.409. The third-order valence-corrected chi connectivity index (χ3v) is 3.61. The first-order valence-electron chi connectivity index (χ1n) is 6.51. The van der Waals surface area contributed by atoms with Gasteiger partial charge in [0.05, 0.1) is 10.4 Å². The normalized spacial score (nSPS) is 10.6. The number of halogens is 1. The molecular formula is C15H11BrN4O2. The van der Waals surface area contributed by atoms with Gasteiger partial charge in [-0.25, -0.2) is 9.97 Å². The van der Waals surface area contributed by atoms with Crippen LogP contribution in [-0.2, 0) is 6.54 Å². The van der Waals surface area contributed by atoms with Gasteiger partial charge in [-0.3, -0.25) is 10.1 Å². The molecule has 0 saturated carbocycles. The Morgan fingerprint density at radius 2 is 2.09 bits per heavy atom. The molecule has 0 atom stereocenters. The number of nitrogens with zero attached hydrogens (tertiary/aromatic N) is 3. The van der Waals surface area contributed by atoms with Crippen molar-refractivity contribution in [2.45, 2.75) is 6.54 Å². The number of nitrogens with one attached hydrogen (secondary N) is 1. The Morgan fingerprint density at radius 3 is 2.91 bits per heavy atom. The van der Waals surface area contributed by atoms with Gasteiger partial charge in [0.1, 0.15) is 0 Å². The first kappa shape index (κ1) is 14.4. The van der Waals surface area contributed by atoms with E-state index in [1.54, 1.807) is 12.3 Å². The molecule has 2 aromatic carbocycles. The van der Waals surface area contributed by atoms with E-state index in [-0.39, 0.29) is 5.69 Å². The zero-order valence-corrected chi connectivity index (χ0v) is 12.9. The van der Waals surface area contributed by atoms with Crippen molar-refractivity contribution in [2.24, 2.45) is 0 Å². The van der Waals surface area contributed by atoms with E-state index >= 15 is 0 Å². The van der Waals surface area contributed by atoms with Gasteiger partial charge in [0.2, 0.25) is 5.95 Å². The van der Waals surface area contributed by atoms with Gasteiger partial charge in [0.15, 0.2) is 0 Å². The molecule has 7 heteroatoms. The summed E-state index contributed by atoms with van der Waals surface area (Å²) >= 11 is 3.40. The Balaban J connectivity index is 1.77. The molecule has 3 aromatic rings. The third-order valence-electron chi connectivity index (χ3n) is 3.11. The highest BCUT2D eigenvalue weighted by Crippen LogP contribution is 2.19.